The number of halogens is 4. The van der Waals surface area contributed by atoms with Crippen LogP contribution in [0.4, 0.5) is 13.2 Å². The Bertz CT molecular complexity index is 744. The molecule has 0 spiro atoms. The summed E-state index contributed by atoms with van der Waals surface area (Å²) < 4.78 is 48.4. The number of hydrogen-bond acceptors (Lipinski definition) is 3. The summed E-state index contributed by atoms with van der Waals surface area (Å²) in [4.78, 5) is 11.1. The van der Waals surface area contributed by atoms with Gasteiger partial charge in [0.05, 0.1) is 17.7 Å². The lowest BCUT2D eigenvalue weighted by molar-refractivity contribution is -0.137. The summed E-state index contributed by atoms with van der Waals surface area (Å²) in [5, 5.41) is 8.55. The number of aromatic carboxylic acids is 1. The van der Waals surface area contributed by atoms with Gasteiger partial charge in [-0.1, -0.05) is 17.7 Å². The van der Waals surface area contributed by atoms with Crippen LogP contribution in [0, 0.1) is 0 Å². The molecule has 0 heterocycles. The van der Waals surface area contributed by atoms with Crippen LogP contribution in [0.2, 0.25) is 5.02 Å². The van der Waals surface area contributed by atoms with Crippen LogP contribution < -0.4 is 9.47 Å². The normalized spacial score (nSPS) is 11.2. The minimum atomic E-state index is -4.57. The first-order valence-corrected chi connectivity index (χ1v) is 6.56. The molecule has 0 atom stereocenters. The van der Waals surface area contributed by atoms with Crippen molar-refractivity contribution in [2.24, 2.45) is 0 Å². The standard InChI is InChI=1S/C15H10ClF3O4/c1-22-13-9(14(20)21)3-2-4-12(13)23-8-5-6-10(11(16)7-8)15(17,18)19/h2-7H,1H3,(H,20,21). The summed E-state index contributed by atoms with van der Waals surface area (Å²) in [7, 11) is 1.26. The minimum Gasteiger partial charge on any atom is -0.492 e. The zero-order valence-corrected chi connectivity index (χ0v) is 12.4. The lowest BCUT2D eigenvalue weighted by atomic mass is 10.2. The molecule has 1 N–H and O–H groups in total. The van der Waals surface area contributed by atoms with E-state index < -0.39 is 22.7 Å². The van der Waals surface area contributed by atoms with Gasteiger partial charge >= 0.3 is 12.1 Å². The largest absolute Gasteiger partial charge is 0.492 e. The second-order valence-corrected chi connectivity index (χ2v) is 4.79. The molecule has 0 saturated carbocycles. The highest BCUT2D eigenvalue weighted by molar-refractivity contribution is 6.31. The second-order valence-electron chi connectivity index (χ2n) is 4.38. The van der Waals surface area contributed by atoms with Gasteiger partial charge in [-0.05, 0) is 24.3 Å². The van der Waals surface area contributed by atoms with Gasteiger partial charge in [0.1, 0.15) is 11.3 Å². The lowest BCUT2D eigenvalue weighted by Crippen LogP contribution is -2.05. The van der Waals surface area contributed by atoms with Crippen molar-refractivity contribution in [3.8, 4) is 17.2 Å². The average Bonchev–Trinajstić information content (AvgIpc) is 2.45. The van der Waals surface area contributed by atoms with E-state index in [4.69, 9.17) is 26.2 Å². The molecule has 0 aromatic heterocycles. The lowest BCUT2D eigenvalue weighted by Gasteiger charge is -2.14. The van der Waals surface area contributed by atoms with Crippen molar-refractivity contribution in [3.05, 3.63) is 52.5 Å². The van der Waals surface area contributed by atoms with E-state index in [0.29, 0.717) is 0 Å². The summed E-state index contributed by atoms with van der Waals surface area (Å²) in [6, 6.07) is 7.03. The Balaban J connectivity index is 2.39. The first kappa shape index (κ1) is 17.0. The molecule has 0 aliphatic rings. The molecule has 0 unspecified atom stereocenters. The molecule has 2 aromatic rings. The molecule has 2 aromatic carbocycles. The highest BCUT2D eigenvalue weighted by Gasteiger charge is 2.33. The van der Waals surface area contributed by atoms with Crippen molar-refractivity contribution in [1.29, 1.82) is 0 Å². The fraction of sp³-hybridized carbons (Fsp3) is 0.133. The fourth-order valence-electron chi connectivity index (χ4n) is 1.89. The van der Waals surface area contributed by atoms with E-state index in [9.17, 15) is 18.0 Å². The average molecular weight is 347 g/mol. The van der Waals surface area contributed by atoms with Gasteiger partial charge < -0.3 is 14.6 Å². The van der Waals surface area contributed by atoms with E-state index in [2.05, 4.69) is 0 Å². The number of rotatable bonds is 4. The Kier molecular flexibility index (Phi) is 4.70. The maximum Gasteiger partial charge on any atom is 0.417 e. The van der Waals surface area contributed by atoms with Crippen LogP contribution in [0.3, 0.4) is 0 Å². The van der Waals surface area contributed by atoms with Gasteiger partial charge in [-0.2, -0.15) is 13.2 Å². The first-order valence-electron chi connectivity index (χ1n) is 6.19. The third-order valence-electron chi connectivity index (χ3n) is 2.89. The van der Waals surface area contributed by atoms with Crippen LogP contribution in [0.1, 0.15) is 15.9 Å². The number of alkyl halides is 3. The maximum absolute atomic E-state index is 12.7. The number of carboxylic acids is 1. The van der Waals surface area contributed by atoms with Gasteiger partial charge in [0.2, 0.25) is 0 Å². The van der Waals surface area contributed by atoms with Crippen molar-refractivity contribution >= 4 is 17.6 Å². The third-order valence-corrected chi connectivity index (χ3v) is 3.20. The maximum atomic E-state index is 12.7. The quantitative estimate of drug-likeness (QED) is 0.859. The van der Waals surface area contributed by atoms with Crippen molar-refractivity contribution in [3.63, 3.8) is 0 Å². The predicted molar refractivity (Wildman–Crippen MR) is 76.5 cm³/mol. The van der Waals surface area contributed by atoms with Crippen LogP contribution in [0.15, 0.2) is 36.4 Å². The summed E-state index contributed by atoms with van der Waals surface area (Å²) in [5.74, 6) is -1.21. The molecule has 0 fully saturated rings. The summed E-state index contributed by atoms with van der Waals surface area (Å²) >= 11 is 5.61. The summed E-state index contributed by atoms with van der Waals surface area (Å²) in [6.07, 6.45) is -4.57. The van der Waals surface area contributed by atoms with E-state index in [-0.39, 0.29) is 22.8 Å². The molecular formula is C15H10ClF3O4. The van der Waals surface area contributed by atoms with E-state index in [1.807, 2.05) is 0 Å². The minimum absolute atomic E-state index is 0.0174. The van der Waals surface area contributed by atoms with E-state index in [1.54, 1.807) is 0 Å². The molecule has 0 amide bonds. The van der Waals surface area contributed by atoms with Crippen LogP contribution in [0.25, 0.3) is 0 Å². The fourth-order valence-corrected chi connectivity index (χ4v) is 2.17. The Morgan fingerprint density at radius 3 is 2.43 bits per heavy atom. The highest BCUT2D eigenvalue weighted by Crippen LogP contribution is 2.39. The molecular weight excluding hydrogens is 337 g/mol. The zero-order chi connectivity index (χ0) is 17.2. The van der Waals surface area contributed by atoms with Crippen molar-refractivity contribution in [2.75, 3.05) is 7.11 Å². The highest BCUT2D eigenvalue weighted by atomic mass is 35.5. The van der Waals surface area contributed by atoms with Crippen molar-refractivity contribution in [2.45, 2.75) is 6.18 Å². The van der Waals surface area contributed by atoms with Gasteiger partial charge in [-0.25, -0.2) is 4.79 Å². The molecule has 0 radical (unpaired) electrons. The number of ether oxygens (including phenoxy) is 2. The number of para-hydroxylation sites is 1. The van der Waals surface area contributed by atoms with Crippen molar-refractivity contribution in [1.82, 2.24) is 0 Å². The van der Waals surface area contributed by atoms with Gasteiger partial charge in [-0.15, -0.1) is 0 Å². The van der Waals surface area contributed by atoms with E-state index in [1.165, 1.54) is 25.3 Å². The number of carbonyl (C=O) groups is 1. The van der Waals surface area contributed by atoms with Crippen LogP contribution in [0.5, 0.6) is 17.2 Å². The molecule has 2 rings (SSSR count). The number of carboxylic acid groups (broad SMARTS) is 1. The third kappa shape index (κ3) is 3.68. The first-order chi connectivity index (χ1) is 10.7. The summed E-state index contributed by atoms with van der Waals surface area (Å²) in [5.41, 5.74) is -1.12. The van der Waals surface area contributed by atoms with Gasteiger partial charge in [0.25, 0.3) is 0 Å². The van der Waals surface area contributed by atoms with E-state index >= 15 is 0 Å². The van der Waals surface area contributed by atoms with Crippen LogP contribution >= 0.6 is 11.6 Å². The zero-order valence-electron chi connectivity index (χ0n) is 11.6. The van der Waals surface area contributed by atoms with Gasteiger partial charge in [-0.3, -0.25) is 0 Å². The Morgan fingerprint density at radius 1 is 1.22 bits per heavy atom. The molecule has 0 aliphatic heterocycles. The molecule has 0 aliphatic carbocycles. The SMILES string of the molecule is COc1c(Oc2ccc(C(F)(F)F)c(Cl)c2)cccc1C(=O)O. The number of methoxy groups -OCH3 is 1. The van der Waals surface area contributed by atoms with Crippen LogP contribution in [-0.4, -0.2) is 18.2 Å². The topological polar surface area (TPSA) is 55.8 Å². The summed E-state index contributed by atoms with van der Waals surface area (Å²) in [6.45, 7) is 0. The predicted octanol–water partition coefficient (Wildman–Crippen LogP) is 4.86. The number of hydrogen-bond donors (Lipinski definition) is 1. The molecule has 8 heteroatoms. The smallest absolute Gasteiger partial charge is 0.417 e. The Hall–Kier alpha value is -2.41. The monoisotopic (exact) mass is 346 g/mol. The molecule has 122 valence electrons. The molecule has 0 saturated heterocycles. The molecule has 4 nitrogen and oxygen atoms in total. The Morgan fingerprint density at radius 2 is 1.91 bits per heavy atom. The Labute approximate surface area is 134 Å². The second kappa shape index (κ2) is 6.37. The van der Waals surface area contributed by atoms with Crippen LogP contribution in [-0.2, 0) is 6.18 Å². The van der Waals surface area contributed by atoms with Gasteiger partial charge in [0, 0.05) is 6.07 Å². The van der Waals surface area contributed by atoms with Crippen molar-refractivity contribution < 1.29 is 32.5 Å². The number of benzene rings is 2. The molecule has 0 bridgehead atoms. The molecule has 23 heavy (non-hydrogen) atoms. The van der Waals surface area contributed by atoms with E-state index in [0.717, 1.165) is 18.2 Å². The van der Waals surface area contributed by atoms with Gasteiger partial charge in [0.15, 0.2) is 11.5 Å².